The third kappa shape index (κ3) is 1.38. The average molecular weight is 214 g/mol. The van der Waals surface area contributed by atoms with Crippen molar-refractivity contribution in [3.05, 3.63) is 42.0 Å². The van der Waals surface area contributed by atoms with E-state index in [1.807, 2.05) is 0 Å². The lowest BCUT2D eigenvalue weighted by Gasteiger charge is -2.25. The Morgan fingerprint density at radius 1 is 1.06 bits per heavy atom. The van der Waals surface area contributed by atoms with Gasteiger partial charge >= 0.3 is 0 Å². The van der Waals surface area contributed by atoms with Crippen LogP contribution in [0.15, 0.2) is 36.4 Å². The predicted octanol–water partition coefficient (Wildman–Crippen LogP) is 3.62. The minimum atomic E-state index is 0.723. The first-order valence-electron chi connectivity index (χ1n) is 6.12. The summed E-state index contributed by atoms with van der Waals surface area (Å²) in [7, 11) is 1.72. The first kappa shape index (κ1) is 9.95. The van der Waals surface area contributed by atoms with Gasteiger partial charge in [-0.15, -0.1) is 0 Å². The van der Waals surface area contributed by atoms with E-state index in [-0.39, 0.29) is 0 Å². The maximum absolute atomic E-state index is 5.21. The molecule has 2 aliphatic rings. The number of hydrogen-bond acceptors (Lipinski definition) is 1. The highest BCUT2D eigenvalue weighted by molar-refractivity contribution is 5.33. The second kappa shape index (κ2) is 3.65. The fourth-order valence-electron chi connectivity index (χ4n) is 3.45. The van der Waals surface area contributed by atoms with E-state index in [4.69, 9.17) is 4.74 Å². The summed E-state index contributed by atoms with van der Waals surface area (Å²) < 4.78 is 5.21. The third-order valence-electron chi connectivity index (χ3n) is 4.35. The maximum atomic E-state index is 5.21. The van der Waals surface area contributed by atoms with Gasteiger partial charge in [-0.3, -0.25) is 0 Å². The number of hydrogen-bond donors (Lipinski definition) is 0. The van der Waals surface area contributed by atoms with Crippen molar-refractivity contribution in [3.8, 4) is 5.75 Å². The van der Waals surface area contributed by atoms with Gasteiger partial charge in [-0.2, -0.15) is 0 Å². The Kier molecular flexibility index (Phi) is 2.27. The molecule has 84 valence electrons. The fourth-order valence-corrected chi connectivity index (χ4v) is 3.45. The van der Waals surface area contributed by atoms with Crippen LogP contribution in [0, 0.1) is 17.8 Å². The van der Waals surface area contributed by atoms with E-state index in [0.717, 1.165) is 29.4 Å². The van der Waals surface area contributed by atoms with Crippen LogP contribution in [0.3, 0.4) is 0 Å². The highest BCUT2D eigenvalue weighted by atomic mass is 16.5. The molecule has 1 nitrogen and oxygen atoms in total. The van der Waals surface area contributed by atoms with Crippen molar-refractivity contribution in [2.45, 2.75) is 19.3 Å². The molecule has 0 aromatic heterocycles. The van der Waals surface area contributed by atoms with E-state index >= 15 is 0 Å². The molecule has 0 N–H and O–H groups in total. The molecule has 3 rings (SSSR count). The summed E-state index contributed by atoms with van der Waals surface area (Å²) in [4.78, 5) is 0. The molecule has 0 aliphatic heterocycles. The molecule has 16 heavy (non-hydrogen) atoms. The molecule has 1 heteroatoms. The second-order valence-electron chi connectivity index (χ2n) is 5.11. The van der Waals surface area contributed by atoms with E-state index < -0.39 is 0 Å². The number of allylic oxidation sites excluding steroid dienone is 2. The van der Waals surface area contributed by atoms with Gasteiger partial charge in [0, 0.05) is 0 Å². The van der Waals surface area contributed by atoms with Crippen molar-refractivity contribution >= 4 is 0 Å². The van der Waals surface area contributed by atoms with Crippen molar-refractivity contribution in [3.63, 3.8) is 0 Å². The van der Waals surface area contributed by atoms with Crippen LogP contribution >= 0.6 is 0 Å². The highest BCUT2D eigenvalue weighted by Crippen LogP contribution is 2.52. The van der Waals surface area contributed by atoms with Crippen LogP contribution < -0.4 is 4.74 Å². The topological polar surface area (TPSA) is 9.23 Å². The lowest BCUT2D eigenvalue weighted by atomic mass is 9.80. The molecule has 4 atom stereocenters. The normalized spacial score (nSPS) is 35.6. The van der Waals surface area contributed by atoms with E-state index in [2.05, 4.69) is 43.3 Å². The number of fused-ring (bicyclic) bond motifs is 2. The van der Waals surface area contributed by atoms with Crippen molar-refractivity contribution in [2.24, 2.45) is 17.8 Å². The summed E-state index contributed by atoms with van der Waals surface area (Å²) in [5.74, 6) is 4.06. The molecule has 1 fully saturated rings. The molecule has 1 aromatic carbocycles. The SMILES string of the molecule is COc1ccc([C@H]2[C@@H](C)[C@H]3C=C[C@@H]2C3)cc1. The van der Waals surface area contributed by atoms with Gasteiger partial charge in [-0.1, -0.05) is 31.2 Å². The summed E-state index contributed by atoms with van der Waals surface area (Å²) in [5.41, 5.74) is 1.48. The molecule has 0 radical (unpaired) electrons. The Balaban J connectivity index is 1.89. The smallest absolute Gasteiger partial charge is 0.118 e. The van der Waals surface area contributed by atoms with Gasteiger partial charge in [0.15, 0.2) is 0 Å². The Bertz CT molecular complexity index is 404. The molecule has 0 unspecified atom stereocenters. The van der Waals surface area contributed by atoms with Crippen LogP contribution in [0.1, 0.15) is 24.8 Å². The molecule has 2 bridgehead atoms. The van der Waals surface area contributed by atoms with Crippen molar-refractivity contribution in [1.82, 2.24) is 0 Å². The number of methoxy groups -OCH3 is 1. The van der Waals surface area contributed by atoms with Crippen LogP contribution in [0.25, 0.3) is 0 Å². The van der Waals surface area contributed by atoms with Crippen molar-refractivity contribution in [2.75, 3.05) is 7.11 Å². The Morgan fingerprint density at radius 2 is 1.75 bits per heavy atom. The largest absolute Gasteiger partial charge is 0.497 e. The fraction of sp³-hybridized carbons (Fsp3) is 0.467. The number of ether oxygens (including phenoxy) is 1. The Morgan fingerprint density at radius 3 is 2.31 bits per heavy atom. The van der Waals surface area contributed by atoms with Crippen molar-refractivity contribution in [1.29, 1.82) is 0 Å². The molecule has 0 heterocycles. The summed E-state index contributed by atoms with van der Waals surface area (Å²) in [6.07, 6.45) is 6.19. The molecule has 0 spiro atoms. The monoisotopic (exact) mass is 214 g/mol. The Labute approximate surface area is 97.1 Å². The summed E-state index contributed by atoms with van der Waals surface area (Å²) in [6, 6.07) is 8.62. The van der Waals surface area contributed by atoms with E-state index in [0.29, 0.717) is 0 Å². The molecule has 2 aliphatic carbocycles. The second-order valence-corrected chi connectivity index (χ2v) is 5.11. The zero-order valence-electron chi connectivity index (χ0n) is 9.89. The van der Waals surface area contributed by atoms with Gasteiger partial charge in [-0.25, -0.2) is 0 Å². The summed E-state index contributed by atoms with van der Waals surface area (Å²) in [5, 5.41) is 0. The van der Waals surface area contributed by atoms with Crippen LogP contribution in [-0.4, -0.2) is 7.11 Å². The zero-order chi connectivity index (χ0) is 11.1. The summed E-state index contributed by atoms with van der Waals surface area (Å²) in [6.45, 7) is 2.39. The first-order chi connectivity index (χ1) is 7.79. The average Bonchev–Trinajstić information content (AvgIpc) is 2.90. The van der Waals surface area contributed by atoms with Gasteiger partial charge in [0.25, 0.3) is 0 Å². The van der Waals surface area contributed by atoms with E-state index in [1.165, 1.54) is 12.0 Å². The Hall–Kier alpha value is -1.24. The van der Waals surface area contributed by atoms with Crippen LogP contribution in [0.2, 0.25) is 0 Å². The quantitative estimate of drug-likeness (QED) is 0.683. The first-order valence-corrected chi connectivity index (χ1v) is 6.12. The minimum Gasteiger partial charge on any atom is -0.497 e. The lowest BCUT2D eigenvalue weighted by Crippen LogP contribution is -2.14. The highest BCUT2D eigenvalue weighted by Gasteiger charge is 2.42. The number of rotatable bonds is 2. The minimum absolute atomic E-state index is 0.723. The predicted molar refractivity (Wildman–Crippen MR) is 65.6 cm³/mol. The lowest BCUT2D eigenvalue weighted by molar-refractivity contribution is 0.411. The maximum Gasteiger partial charge on any atom is 0.118 e. The van der Waals surface area contributed by atoms with Gasteiger partial charge in [0.1, 0.15) is 5.75 Å². The molecule has 0 amide bonds. The van der Waals surface area contributed by atoms with Gasteiger partial charge in [-0.05, 0) is 47.8 Å². The van der Waals surface area contributed by atoms with Gasteiger partial charge < -0.3 is 4.74 Å². The van der Waals surface area contributed by atoms with Crippen LogP contribution in [0.5, 0.6) is 5.75 Å². The van der Waals surface area contributed by atoms with E-state index in [9.17, 15) is 0 Å². The van der Waals surface area contributed by atoms with Gasteiger partial charge in [0.2, 0.25) is 0 Å². The van der Waals surface area contributed by atoms with Crippen LogP contribution in [0.4, 0.5) is 0 Å². The third-order valence-corrected chi connectivity index (χ3v) is 4.35. The molecular weight excluding hydrogens is 196 g/mol. The van der Waals surface area contributed by atoms with E-state index in [1.54, 1.807) is 7.11 Å². The molecule has 1 saturated carbocycles. The molecular formula is C15H18O. The van der Waals surface area contributed by atoms with Gasteiger partial charge in [0.05, 0.1) is 7.11 Å². The standard InChI is InChI=1S/C15H18O/c1-10-12-3-4-13(9-12)15(10)11-5-7-14(16-2)8-6-11/h3-8,10,12-13,15H,9H2,1-2H3/t10-,12-,13+,15+/m0/s1. The molecule has 0 saturated heterocycles. The van der Waals surface area contributed by atoms with Crippen molar-refractivity contribution < 1.29 is 4.74 Å². The van der Waals surface area contributed by atoms with Crippen LogP contribution in [-0.2, 0) is 0 Å². The zero-order valence-corrected chi connectivity index (χ0v) is 9.89. The summed E-state index contributed by atoms with van der Waals surface area (Å²) >= 11 is 0. The molecule has 1 aromatic rings. The number of benzene rings is 1.